The van der Waals surface area contributed by atoms with E-state index in [0.717, 1.165) is 57.2 Å². The van der Waals surface area contributed by atoms with E-state index in [-0.39, 0.29) is 41.6 Å². The lowest BCUT2D eigenvalue weighted by molar-refractivity contribution is -0.137. The summed E-state index contributed by atoms with van der Waals surface area (Å²) in [4.78, 5) is 35.2. The number of aliphatic carboxylic acids is 1. The average molecular weight is 802 g/mol. The number of amides is 3. The van der Waals surface area contributed by atoms with Crippen LogP contribution in [0.3, 0.4) is 0 Å². The number of hydrogen-bond donors (Lipinski definition) is 4. The molecule has 10 heteroatoms. The lowest BCUT2D eigenvalue weighted by Crippen LogP contribution is -2.67. The Hall–Kier alpha value is -3.60. The summed E-state index contributed by atoms with van der Waals surface area (Å²) in [6.07, 6.45) is 26.6. The maximum absolute atomic E-state index is 12.2. The molecule has 2 heterocycles. The summed E-state index contributed by atoms with van der Waals surface area (Å²) in [5.74, 6) is 0.362. The zero-order chi connectivity index (χ0) is 40.1. The van der Waals surface area contributed by atoms with E-state index in [0.29, 0.717) is 24.5 Å². The van der Waals surface area contributed by atoms with Gasteiger partial charge in [0.25, 0.3) is 8.32 Å². The highest BCUT2D eigenvalue weighted by Gasteiger charge is 2.51. The summed E-state index contributed by atoms with van der Waals surface area (Å²) in [5.41, 5.74) is 0. The molecule has 0 spiro atoms. The number of hydrogen-bond acceptors (Lipinski definition) is 5. The van der Waals surface area contributed by atoms with Gasteiger partial charge in [0, 0.05) is 30.4 Å². The fourth-order valence-electron chi connectivity index (χ4n) is 7.89. The summed E-state index contributed by atoms with van der Waals surface area (Å²) < 4.78 is 7.31. The molecule has 2 aliphatic heterocycles. The monoisotopic (exact) mass is 801 g/mol. The molecule has 2 aliphatic rings. The first kappa shape index (κ1) is 45.1. The quantitative estimate of drug-likeness (QED) is 0.0249. The molecule has 0 radical (unpaired) electrons. The van der Waals surface area contributed by atoms with Crippen molar-refractivity contribution in [2.24, 2.45) is 0 Å². The van der Waals surface area contributed by atoms with Crippen molar-refractivity contribution in [1.82, 2.24) is 16.0 Å². The molecular formula is C46H67N3O5SSi. The van der Waals surface area contributed by atoms with Gasteiger partial charge in [-0.3, -0.25) is 9.59 Å². The summed E-state index contributed by atoms with van der Waals surface area (Å²) >= 11 is 1.93. The zero-order valence-corrected chi connectivity index (χ0v) is 35.9. The third-order valence-electron chi connectivity index (χ3n) is 10.8. The first-order chi connectivity index (χ1) is 27.1. The van der Waals surface area contributed by atoms with Gasteiger partial charge < -0.3 is 25.5 Å². The van der Waals surface area contributed by atoms with E-state index in [9.17, 15) is 19.5 Å². The lowest BCUT2D eigenvalue weighted by Gasteiger charge is -2.44. The number of benzene rings is 2. The Morgan fingerprint density at radius 3 is 2.21 bits per heavy atom. The van der Waals surface area contributed by atoms with E-state index in [4.69, 9.17) is 4.43 Å². The third kappa shape index (κ3) is 14.7. The molecule has 0 aliphatic carbocycles. The lowest BCUT2D eigenvalue weighted by atomic mass is 10.0. The van der Waals surface area contributed by atoms with Crippen LogP contribution in [0.4, 0.5) is 4.79 Å². The van der Waals surface area contributed by atoms with Crippen molar-refractivity contribution in [2.75, 3.05) is 12.3 Å². The van der Waals surface area contributed by atoms with Crippen LogP contribution < -0.4 is 26.3 Å². The summed E-state index contributed by atoms with van der Waals surface area (Å²) in [6.45, 7) is 7.56. The molecule has 4 N–H and O–H groups in total. The van der Waals surface area contributed by atoms with Crippen molar-refractivity contribution in [1.29, 1.82) is 0 Å². The molecule has 56 heavy (non-hydrogen) atoms. The second-order valence-corrected chi connectivity index (χ2v) is 21.8. The minimum Gasteiger partial charge on any atom is -0.481 e. The van der Waals surface area contributed by atoms with Crippen LogP contribution in [0.1, 0.15) is 117 Å². The number of carboxylic acids is 1. The van der Waals surface area contributed by atoms with Crippen LogP contribution >= 0.6 is 11.8 Å². The standard InChI is InChI=1S/C46H67N3O5SSi/c1-46(2,3)56(38-28-18-15-19-29-38,39-30-20-16-21-31-39)54-37(27-25-34-43(51)52)26-17-13-11-9-7-5-4-6-8-10-12-14-24-35-47-42(50)33-23-22-32-41-44-40(36-55-41)48-45(53)49-44/h5,7,11,13,15-21,26,28-31,37,40-41,44H,4,6,8-10,12,14,22-25,27,32-36H2,1-3H3,(H,47,50)(H,51,52)(H2,48,49,53)/b7-5-,13-11-,26-17+/t37-,40+,41+,44+/m1/s1. The number of unbranched alkanes of at least 4 members (excludes halogenated alkanes) is 7. The minimum atomic E-state index is -2.77. The molecule has 0 unspecified atom stereocenters. The number of thioether (sulfide) groups is 1. The molecule has 306 valence electrons. The van der Waals surface area contributed by atoms with Gasteiger partial charge in [0.05, 0.1) is 18.2 Å². The average Bonchev–Trinajstić information content (AvgIpc) is 3.74. The Morgan fingerprint density at radius 2 is 1.54 bits per heavy atom. The van der Waals surface area contributed by atoms with Crippen LogP contribution in [0.2, 0.25) is 5.04 Å². The smallest absolute Gasteiger partial charge is 0.315 e. The van der Waals surface area contributed by atoms with Crippen LogP contribution in [0.25, 0.3) is 0 Å². The number of carbonyl (C=O) groups is 3. The number of carboxylic acid groups (broad SMARTS) is 1. The van der Waals surface area contributed by atoms with Gasteiger partial charge in [0.2, 0.25) is 5.91 Å². The van der Waals surface area contributed by atoms with Gasteiger partial charge in [-0.1, -0.05) is 150 Å². The molecule has 0 saturated carbocycles. The Balaban J connectivity index is 1.09. The van der Waals surface area contributed by atoms with Crippen LogP contribution in [0.5, 0.6) is 0 Å². The molecule has 2 fully saturated rings. The van der Waals surface area contributed by atoms with Gasteiger partial charge in [0.15, 0.2) is 0 Å². The van der Waals surface area contributed by atoms with Crippen LogP contribution in [0, 0.1) is 0 Å². The molecule has 2 aromatic rings. The Labute approximate surface area is 341 Å². The van der Waals surface area contributed by atoms with E-state index >= 15 is 0 Å². The van der Waals surface area contributed by atoms with Crippen molar-refractivity contribution in [2.45, 2.75) is 146 Å². The fourth-order valence-corrected chi connectivity index (χ4v) is 14.1. The molecule has 8 nitrogen and oxygen atoms in total. The molecule has 4 rings (SSSR count). The second-order valence-electron chi connectivity index (χ2n) is 16.3. The first-order valence-corrected chi connectivity index (χ1v) is 24.0. The Morgan fingerprint density at radius 1 is 0.857 bits per heavy atom. The highest BCUT2D eigenvalue weighted by atomic mass is 32.2. The second kappa shape index (κ2) is 24.2. The number of allylic oxidation sites excluding steroid dienone is 5. The zero-order valence-electron chi connectivity index (χ0n) is 34.1. The van der Waals surface area contributed by atoms with Gasteiger partial charge >= 0.3 is 12.0 Å². The van der Waals surface area contributed by atoms with E-state index < -0.39 is 14.3 Å². The van der Waals surface area contributed by atoms with E-state index in [1.165, 1.54) is 36.1 Å². The van der Waals surface area contributed by atoms with Crippen molar-refractivity contribution in [3.63, 3.8) is 0 Å². The van der Waals surface area contributed by atoms with Crippen LogP contribution in [-0.4, -0.2) is 67.1 Å². The van der Waals surface area contributed by atoms with Crippen molar-refractivity contribution in [3.05, 3.63) is 97.1 Å². The number of nitrogens with one attached hydrogen (secondary N) is 3. The van der Waals surface area contributed by atoms with E-state index in [1.54, 1.807) is 0 Å². The SMILES string of the molecule is CC(C)(C)[Si](O[C@H](/C=C/C=C\C/C=C\CCCCCCCCNC(=O)CCCC[C@@H]1SC[C@@H]2NC(=O)N[C@@H]21)CCCC(=O)O)(c1ccccc1)c1ccccc1. The number of fused-ring (bicyclic) bond motifs is 1. The minimum absolute atomic E-state index is 0.0403. The van der Waals surface area contributed by atoms with Crippen molar-refractivity contribution >= 4 is 48.4 Å². The van der Waals surface area contributed by atoms with Gasteiger partial charge in [-0.2, -0.15) is 11.8 Å². The third-order valence-corrected chi connectivity index (χ3v) is 17.4. The van der Waals surface area contributed by atoms with Crippen LogP contribution in [0.15, 0.2) is 97.1 Å². The molecule has 2 aromatic carbocycles. The number of carbonyl (C=O) groups excluding carboxylic acids is 2. The molecular weight excluding hydrogens is 735 g/mol. The fraction of sp³-hybridized carbons (Fsp3) is 0.543. The highest BCUT2D eigenvalue weighted by molar-refractivity contribution is 8.00. The van der Waals surface area contributed by atoms with Crippen molar-refractivity contribution < 1.29 is 23.9 Å². The van der Waals surface area contributed by atoms with Gasteiger partial charge in [-0.15, -0.1) is 0 Å². The van der Waals surface area contributed by atoms with E-state index in [1.807, 2.05) is 23.9 Å². The molecule has 0 bridgehead atoms. The van der Waals surface area contributed by atoms with Gasteiger partial charge in [0.1, 0.15) is 0 Å². The van der Waals surface area contributed by atoms with Gasteiger partial charge in [-0.25, -0.2) is 4.79 Å². The molecule has 3 amide bonds. The maximum atomic E-state index is 12.2. The molecule has 2 saturated heterocycles. The highest BCUT2D eigenvalue weighted by Crippen LogP contribution is 2.38. The van der Waals surface area contributed by atoms with E-state index in [2.05, 4.69) is 122 Å². The van der Waals surface area contributed by atoms with Crippen molar-refractivity contribution in [3.8, 4) is 0 Å². The first-order valence-electron chi connectivity index (χ1n) is 21.0. The van der Waals surface area contributed by atoms with Crippen LogP contribution in [-0.2, 0) is 14.0 Å². The Bertz CT molecular complexity index is 1520. The normalized spacial score (nSPS) is 19.1. The number of rotatable bonds is 26. The predicted molar refractivity (Wildman–Crippen MR) is 235 cm³/mol. The van der Waals surface area contributed by atoms with Gasteiger partial charge in [-0.05, 0) is 66.8 Å². The number of urea groups is 1. The topological polar surface area (TPSA) is 117 Å². The summed E-state index contributed by atoms with van der Waals surface area (Å²) in [5, 5.41) is 21.2. The summed E-state index contributed by atoms with van der Waals surface area (Å²) in [6, 6.07) is 21.6. The molecule has 0 aromatic heterocycles. The Kier molecular flexibility index (Phi) is 19.5. The summed E-state index contributed by atoms with van der Waals surface area (Å²) in [7, 11) is -2.77. The maximum Gasteiger partial charge on any atom is 0.315 e. The molecule has 4 atom stereocenters. The predicted octanol–water partition coefficient (Wildman–Crippen LogP) is 8.82. The largest absolute Gasteiger partial charge is 0.481 e.